The number of amides is 1. The van der Waals surface area contributed by atoms with E-state index in [0.717, 1.165) is 17.5 Å². The molecule has 9 heteroatoms. The predicted octanol–water partition coefficient (Wildman–Crippen LogP) is 2.93. The third kappa shape index (κ3) is 7.10. The molecule has 2 aromatic rings. The van der Waals surface area contributed by atoms with Crippen molar-refractivity contribution in [3.8, 4) is 0 Å². The lowest BCUT2D eigenvalue weighted by molar-refractivity contribution is -0.113. The second-order valence-electron chi connectivity index (χ2n) is 5.32. The van der Waals surface area contributed by atoms with Crippen molar-refractivity contribution < 1.29 is 14.3 Å². The van der Waals surface area contributed by atoms with Gasteiger partial charge in [0.2, 0.25) is 5.91 Å². The summed E-state index contributed by atoms with van der Waals surface area (Å²) in [5.74, 6) is 0.964. The normalized spacial score (nSPS) is 10.4. The van der Waals surface area contributed by atoms with Gasteiger partial charge in [-0.25, -0.2) is 9.78 Å². The van der Waals surface area contributed by atoms with Crippen molar-refractivity contribution in [2.24, 2.45) is 0 Å². The molecule has 1 aromatic carbocycles. The van der Waals surface area contributed by atoms with Gasteiger partial charge in [-0.1, -0.05) is 24.8 Å². The molecule has 0 atom stereocenters. The molecule has 27 heavy (non-hydrogen) atoms. The SMILES string of the molecule is CCOC(=O)c1cccc(NC(=O)CSc2nc(CSCC)cc(=O)[nH]2)c1. The maximum atomic E-state index is 12.2. The zero-order valence-corrected chi connectivity index (χ0v) is 16.7. The molecule has 0 aliphatic heterocycles. The first-order valence-corrected chi connectivity index (χ1v) is 10.5. The highest BCUT2D eigenvalue weighted by Gasteiger charge is 2.10. The molecule has 0 radical (unpaired) electrons. The molecule has 0 aliphatic carbocycles. The van der Waals surface area contributed by atoms with Gasteiger partial charge in [0.25, 0.3) is 5.56 Å². The molecule has 7 nitrogen and oxygen atoms in total. The van der Waals surface area contributed by atoms with Crippen molar-refractivity contribution in [3.63, 3.8) is 0 Å². The molecule has 0 bridgehead atoms. The van der Waals surface area contributed by atoms with Crippen LogP contribution in [-0.2, 0) is 15.3 Å². The number of anilines is 1. The molecular weight excluding hydrogens is 386 g/mol. The van der Waals surface area contributed by atoms with Crippen molar-refractivity contribution in [2.45, 2.75) is 24.8 Å². The van der Waals surface area contributed by atoms with Crippen molar-refractivity contribution in [1.29, 1.82) is 0 Å². The highest BCUT2D eigenvalue weighted by molar-refractivity contribution is 7.99. The Labute approximate surface area is 165 Å². The minimum atomic E-state index is -0.438. The van der Waals surface area contributed by atoms with Gasteiger partial charge in [-0.2, -0.15) is 11.8 Å². The Morgan fingerprint density at radius 2 is 2.07 bits per heavy atom. The van der Waals surface area contributed by atoms with Crippen LogP contribution in [0.5, 0.6) is 0 Å². The molecule has 1 heterocycles. The van der Waals surface area contributed by atoms with Crippen LogP contribution >= 0.6 is 23.5 Å². The number of H-pyrrole nitrogens is 1. The molecule has 0 saturated heterocycles. The van der Waals surface area contributed by atoms with Gasteiger partial charge < -0.3 is 15.0 Å². The fourth-order valence-corrected chi connectivity index (χ4v) is 3.36. The van der Waals surface area contributed by atoms with Crippen LogP contribution in [0.25, 0.3) is 0 Å². The maximum absolute atomic E-state index is 12.2. The largest absolute Gasteiger partial charge is 0.462 e. The van der Waals surface area contributed by atoms with Crippen molar-refractivity contribution >= 4 is 41.1 Å². The summed E-state index contributed by atoms with van der Waals surface area (Å²) < 4.78 is 4.94. The van der Waals surface area contributed by atoms with Gasteiger partial charge in [0.1, 0.15) is 0 Å². The number of hydrogen-bond donors (Lipinski definition) is 2. The Balaban J connectivity index is 1.95. The van der Waals surface area contributed by atoms with E-state index in [1.54, 1.807) is 43.0 Å². The lowest BCUT2D eigenvalue weighted by atomic mass is 10.2. The van der Waals surface area contributed by atoms with Gasteiger partial charge in [0.15, 0.2) is 5.16 Å². The zero-order chi connectivity index (χ0) is 19.6. The van der Waals surface area contributed by atoms with E-state index in [1.165, 1.54) is 6.07 Å². The van der Waals surface area contributed by atoms with E-state index in [-0.39, 0.29) is 23.8 Å². The maximum Gasteiger partial charge on any atom is 0.338 e. The second-order valence-corrected chi connectivity index (χ2v) is 7.56. The first kappa shape index (κ1) is 21.0. The average molecular weight is 408 g/mol. The van der Waals surface area contributed by atoms with E-state index in [0.29, 0.717) is 27.9 Å². The quantitative estimate of drug-likeness (QED) is 0.374. The minimum absolute atomic E-state index is 0.0803. The van der Waals surface area contributed by atoms with Crippen LogP contribution in [0.1, 0.15) is 29.9 Å². The molecule has 2 N–H and O–H groups in total. The number of rotatable bonds is 9. The summed E-state index contributed by atoms with van der Waals surface area (Å²) in [4.78, 5) is 42.6. The summed E-state index contributed by atoms with van der Waals surface area (Å²) >= 11 is 2.82. The lowest BCUT2D eigenvalue weighted by Gasteiger charge is -2.07. The van der Waals surface area contributed by atoms with E-state index in [1.807, 2.05) is 6.92 Å². The van der Waals surface area contributed by atoms with Crippen molar-refractivity contribution in [1.82, 2.24) is 9.97 Å². The van der Waals surface area contributed by atoms with Gasteiger partial charge in [0, 0.05) is 17.5 Å². The van der Waals surface area contributed by atoms with Crippen LogP contribution in [0.4, 0.5) is 5.69 Å². The molecule has 0 spiro atoms. The van der Waals surface area contributed by atoms with Gasteiger partial charge >= 0.3 is 5.97 Å². The predicted molar refractivity (Wildman–Crippen MR) is 108 cm³/mol. The van der Waals surface area contributed by atoms with Gasteiger partial charge in [-0.15, -0.1) is 0 Å². The summed E-state index contributed by atoms with van der Waals surface area (Å²) in [6, 6.07) is 8.00. The summed E-state index contributed by atoms with van der Waals surface area (Å²) in [5, 5.41) is 3.13. The second kappa shape index (κ2) is 10.8. The number of benzene rings is 1. The molecule has 1 amide bonds. The highest BCUT2D eigenvalue weighted by atomic mass is 32.2. The van der Waals surface area contributed by atoms with E-state index < -0.39 is 5.97 Å². The number of carbonyl (C=O) groups is 2. The Hall–Kier alpha value is -2.26. The summed E-state index contributed by atoms with van der Waals surface area (Å²) in [7, 11) is 0. The van der Waals surface area contributed by atoms with Crippen LogP contribution in [0.2, 0.25) is 0 Å². The lowest BCUT2D eigenvalue weighted by Crippen LogP contribution is -2.16. The molecule has 2 rings (SSSR count). The monoisotopic (exact) mass is 407 g/mol. The van der Waals surface area contributed by atoms with Crippen LogP contribution in [0.15, 0.2) is 40.3 Å². The van der Waals surface area contributed by atoms with Crippen molar-refractivity contribution in [3.05, 3.63) is 51.9 Å². The average Bonchev–Trinajstić information content (AvgIpc) is 2.65. The van der Waals surface area contributed by atoms with E-state index in [4.69, 9.17) is 4.74 Å². The van der Waals surface area contributed by atoms with E-state index >= 15 is 0 Å². The fraction of sp³-hybridized carbons (Fsp3) is 0.333. The zero-order valence-electron chi connectivity index (χ0n) is 15.1. The number of hydrogen-bond acceptors (Lipinski definition) is 7. The summed E-state index contributed by atoms with van der Waals surface area (Å²) in [5.41, 5.74) is 1.33. The molecule has 1 aromatic heterocycles. The Morgan fingerprint density at radius 1 is 1.26 bits per heavy atom. The first-order chi connectivity index (χ1) is 13.0. The van der Waals surface area contributed by atoms with Gasteiger partial charge in [-0.05, 0) is 30.9 Å². The van der Waals surface area contributed by atoms with Crippen LogP contribution in [0, 0.1) is 0 Å². The highest BCUT2D eigenvalue weighted by Crippen LogP contribution is 2.16. The summed E-state index contributed by atoms with van der Waals surface area (Å²) in [6.07, 6.45) is 0. The Kier molecular flexibility index (Phi) is 8.41. The number of esters is 1. The van der Waals surface area contributed by atoms with Crippen molar-refractivity contribution in [2.75, 3.05) is 23.4 Å². The number of ether oxygens (including phenoxy) is 1. The molecule has 144 valence electrons. The molecular formula is C18H21N3O4S2. The van der Waals surface area contributed by atoms with Gasteiger partial charge in [-0.3, -0.25) is 9.59 Å². The minimum Gasteiger partial charge on any atom is -0.462 e. The number of thioether (sulfide) groups is 2. The Bertz CT molecular complexity index is 854. The number of aromatic nitrogens is 2. The van der Waals surface area contributed by atoms with Crippen LogP contribution < -0.4 is 10.9 Å². The molecule has 0 aliphatic rings. The first-order valence-electron chi connectivity index (χ1n) is 8.39. The number of aromatic amines is 1. The van der Waals surface area contributed by atoms with Crippen LogP contribution in [-0.4, -0.2) is 40.0 Å². The number of carbonyl (C=O) groups excluding carboxylic acids is 2. The number of nitrogens with zero attached hydrogens (tertiary/aromatic N) is 1. The molecule has 0 fully saturated rings. The number of nitrogens with one attached hydrogen (secondary N) is 2. The molecule has 0 saturated carbocycles. The molecule has 0 unspecified atom stereocenters. The topological polar surface area (TPSA) is 101 Å². The fourth-order valence-electron chi connectivity index (χ4n) is 2.10. The van der Waals surface area contributed by atoms with E-state index in [2.05, 4.69) is 15.3 Å². The summed E-state index contributed by atoms with van der Waals surface area (Å²) in [6.45, 7) is 4.05. The van der Waals surface area contributed by atoms with E-state index in [9.17, 15) is 14.4 Å². The third-order valence-corrected chi connectivity index (χ3v) is 5.01. The standard InChI is InChI=1S/C18H21N3O4S2/c1-3-25-17(24)12-6-5-7-13(8-12)19-16(23)11-27-18-20-14(10-26-4-2)9-15(22)21-18/h5-9H,3-4,10-11H2,1-2H3,(H,19,23)(H,20,21,22). The Morgan fingerprint density at radius 3 is 2.81 bits per heavy atom. The third-order valence-electron chi connectivity index (χ3n) is 3.22. The van der Waals surface area contributed by atoms with Gasteiger partial charge in [0.05, 0.1) is 23.6 Å². The van der Waals surface area contributed by atoms with Crippen LogP contribution in [0.3, 0.4) is 0 Å². The smallest absolute Gasteiger partial charge is 0.338 e.